The molecule has 0 aliphatic heterocycles. The van der Waals surface area contributed by atoms with E-state index < -0.39 is 0 Å². The number of rotatable bonds is 5. The van der Waals surface area contributed by atoms with Gasteiger partial charge in [0.25, 0.3) is 0 Å². The summed E-state index contributed by atoms with van der Waals surface area (Å²) < 4.78 is 2.09. The van der Waals surface area contributed by atoms with Crippen molar-refractivity contribution >= 4 is 0 Å². The van der Waals surface area contributed by atoms with Crippen LogP contribution in [0.5, 0.6) is 0 Å². The maximum Gasteiger partial charge on any atom is 0.0964 e. The molecule has 1 aliphatic rings. The number of hydrogen-bond donors (Lipinski definition) is 1. The molecule has 4 heteroatoms. The Morgan fingerprint density at radius 3 is 2.89 bits per heavy atom. The van der Waals surface area contributed by atoms with E-state index in [9.17, 15) is 0 Å². The first-order valence-corrected chi connectivity index (χ1v) is 7.32. The third-order valence-electron chi connectivity index (χ3n) is 4.24. The average molecular weight is 250 g/mol. The molecule has 0 saturated heterocycles. The molecule has 3 atom stereocenters. The molecule has 1 N–H and O–H groups in total. The van der Waals surface area contributed by atoms with Crippen LogP contribution in [0.4, 0.5) is 0 Å². The standard InChI is InChI=1S/C14H26N4/c1-4-7-15-9-13-10-18(17-16-13)14-6-5-11(2)12(3)8-14/h10-12,14-15H,4-9H2,1-3H3. The normalized spacial score (nSPS) is 28.5. The summed E-state index contributed by atoms with van der Waals surface area (Å²) in [6, 6.07) is 0.559. The first kappa shape index (κ1) is 13.5. The Hall–Kier alpha value is -0.900. The highest BCUT2D eigenvalue weighted by Crippen LogP contribution is 2.35. The fourth-order valence-electron chi connectivity index (χ4n) is 2.73. The summed E-state index contributed by atoms with van der Waals surface area (Å²) in [5.41, 5.74) is 1.06. The second-order valence-electron chi connectivity index (χ2n) is 5.79. The van der Waals surface area contributed by atoms with Gasteiger partial charge < -0.3 is 5.32 Å². The molecule has 1 aromatic heterocycles. The molecule has 3 unspecified atom stereocenters. The van der Waals surface area contributed by atoms with Crippen LogP contribution in [0.3, 0.4) is 0 Å². The van der Waals surface area contributed by atoms with Crippen molar-refractivity contribution in [3.05, 3.63) is 11.9 Å². The minimum absolute atomic E-state index is 0.559. The lowest BCUT2D eigenvalue weighted by atomic mass is 9.79. The van der Waals surface area contributed by atoms with Crippen LogP contribution in [0, 0.1) is 11.8 Å². The Morgan fingerprint density at radius 1 is 1.33 bits per heavy atom. The second kappa shape index (κ2) is 6.32. The number of nitrogens with zero attached hydrogens (tertiary/aromatic N) is 3. The molecule has 0 radical (unpaired) electrons. The molecule has 0 bridgehead atoms. The Kier molecular flexibility index (Phi) is 4.75. The van der Waals surface area contributed by atoms with Crippen molar-refractivity contribution in [3.8, 4) is 0 Å². The van der Waals surface area contributed by atoms with Crippen LogP contribution in [-0.2, 0) is 6.54 Å². The van der Waals surface area contributed by atoms with Gasteiger partial charge in [-0.3, -0.25) is 0 Å². The lowest BCUT2D eigenvalue weighted by molar-refractivity contribution is 0.199. The smallest absolute Gasteiger partial charge is 0.0964 e. The van der Waals surface area contributed by atoms with E-state index in [2.05, 4.69) is 47.3 Å². The van der Waals surface area contributed by atoms with E-state index in [1.54, 1.807) is 0 Å². The van der Waals surface area contributed by atoms with Crippen molar-refractivity contribution in [2.45, 2.75) is 59.0 Å². The number of aromatic nitrogens is 3. The van der Waals surface area contributed by atoms with Crippen molar-refractivity contribution < 1.29 is 0 Å². The van der Waals surface area contributed by atoms with Gasteiger partial charge in [-0.2, -0.15) is 0 Å². The van der Waals surface area contributed by atoms with E-state index in [4.69, 9.17) is 0 Å². The van der Waals surface area contributed by atoms with E-state index in [-0.39, 0.29) is 0 Å². The first-order chi connectivity index (χ1) is 8.70. The largest absolute Gasteiger partial charge is 0.311 e. The van der Waals surface area contributed by atoms with Crippen molar-refractivity contribution in [1.82, 2.24) is 20.3 Å². The lowest BCUT2D eigenvalue weighted by Gasteiger charge is -2.31. The summed E-state index contributed by atoms with van der Waals surface area (Å²) in [6.45, 7) is 8.78. The van der Waals surface area contributed by atoms with Crippen LogP contribution in [-0.4, -0.2) is 21.5 Å². The van der Waals surface area contributed by atoms with Gasteiger partial charge >= 0.3 is 0 Å². The van der Waals surface area contributed by atoms with Crippen LogP contribution in [0.25, 0.3) is 0 Å². The van der Waals surface area contributed by atoms with E-state index in [0.29, 0.717) is 6.04 Å². The monoisotopic (exact) mass is 250 g/mol. The van der Waals surface area contributed by atoms with Crippen molar-refractivity contribution in [2.24, 2.45) is 11.8 Å². The van der Waals surface area contributed by atoms with Crippen LogP contribution in [0.1, 0.15) is 58.2 Å². The lowest BCUT2D eigenvalue weighted by Crippen LogP contribution is -2.23. The third kappa shape index (κ3) is 3.31. The van der Waals surface area contributed by atoms with Gasteiger partial charge in [0.15, 0.2) is 0 Å². The third-order valence-corrected chi connectivity index (χ3v) is 4.24. The highest BCUT2D eigenvalue weighted by Gasteiger charge is 2.26. The molecule has 0 spiro atoms. The van der Waals surface area contributed by atoms with Gasteiger partial charge in [0.05, 0.1) is 17.9 Å². The molecule has 1 aliphatic carbocycles. The van der Waals surface area contributed by atoms with E-state index >= 15 is 0 Å². The molecule has 4 nitrogen and oxygen atoms in total. The molecular weight excluding hydrogens is 224 g/mol. The summed E-state index contributed by atoms with van der Waals surface area (Å²) in [5, 5.41) is 11.9. The summed E-state index contributed by atoms with van der Waals surface area (Å²) in [4.78, 5) is 0. The van der Waals surface area contributed by atoms with E-state index in [1.165, 1.54) is 19.3 Å². The van der Waals surface area contributed by atoms with Crippen LogP contribution in [0.15, 0.2) is 6.20 Å². The zero-order valence-electron chi connectivity index (χ0n) is 11.9. The van der Waals surface area contributed by atoms with Crippen molar-refractivity contribution in [1.29, 1.82) is 0 Å². The molecule has 1 heterocycles. The average Bonchev–Trinajstić information content (AvgIpc) is 2.82. The minimum Gasteiger partial charge on any atom is -0.311 e. The van der Waals surface area contributed by atoms with Gasteiger partial charge in [-0.1, -0.05) is 26.0 Å². The zero-order valence-corrected chi connectivity index (χ0v) is 11.9. The predicted octanol–water partition coefficient (Wildman–Crippen LogP) is 2.77. The molecule has 0 amide bonds. The van der Waals surface area contributed by atoms with Crippen LogP contribution in [0.2, 0.25) is 0 Å². The van der Waals surface area contributed by atoms with Gasteiger partial charge in [-0.15, -0.1) is 5.10 Å². The molecule has 18 heavy (non-hydrogen) atoms. The molecule has 1 saturated carbocycles. The SMILES string of the molecule is CCCNCc1cn(C2CCC(C)C(C)C2)nn1. The molecule has 2 rings (SSSR count). The number of hydrogen-bond acceptors (Lipinski definition) is 3. The molecular formula is C14H26N4. The molecule has 1 aromatic rings. The highest BCUT2D eigenvalue weighted by molar-refractivity contribution is 4.94. The summed E-state index contributed by atoms with van der Waals surface area (Å²) in [7, 11) is 0. The van der Waals surface area contributed by atoms with Gasteiger partial charge in [0.2, 0.25) is 0 Å². The molecule has 102 valence electrons. The summed E-state index contributed by atoms with van der Waals surface area (Å²) in [6.07, 6.45) is 7.08. The molecule has 0 aromatic carbocycles. The minimum atomic E-state index is 0.559. The van der Waals surface area contributed by atoms with Gasteiger partial charge in [0, 0.05) is 6.54 Å². The van der Waals surface area contributed by atoms with Gasteiger partial charge in [-0.05, 0) is 44.1 Å². The van der Waals surface area contributed by atoms with Crippen molar-refractivity contribution in [2.75, 3.05) is 6.54 Å². The topological polar surface area (TPSA) is 42.7 Å². The zero-order chi connectivity index (χ0) is 13.0. The first-order valence-electron chi connectivity index (χ1n) is 7.32. The molecule has 1 fully saturated rings. The number of nitrogens with one attached hydrogen (secondary N) is 1. The van der Waals surface area contributed by atoms with Gasteiger partial charge in [-0.25, -0.2) is 4.68 Å². The van der Waals surface area contributed by atoms with Gasteiger partial charge in [0.1, 0.15) is 0 Å². The fraction of sp³-hybridized carbons (Fsp3) is 0.857. The van der Waals surface area contributed by atoms with Crippen molar-refractivity contribution in [3.63, 3.8) is 0 Å². The summed E-state index contributed by atoms with van der Waals surface area (Å²) in [5.74, 6) is 1.66. The predicted molar refractivity (Wildman–Crippen MR) is 73.2 cm³/mol. The summed E-state index contributed by atoms with van der Waals surface area (Å²) >= 11 is 0. The second-order valence-corrected chi connectivity index (χ2v) is 5.79. The Bertz CT molecular complexity index is 360. The highest BCUT2D eigenvalue weighted by atomic mass is 15.4. The maximum absolute atomic E-state index is 4.30. The Morgan fingerprint density at radius 2 is 2.17 bits per heavy atom. The maximum atomic E-state index is 4.30. The fourth-order valence-corrected chi connectivity index (χ4v) is 2.73. The van der Waals surface area contributed by atoms with E-state index in [0.717, 1.165) is 37.0 Å². The van der Waals surface area contributed by atoms with Crippen LogP contribution >= 0.6 is 0 Å². The van der Waals surface area contributed by atoms with Crippen LogP contribution < -0.4 is 5.32 Å². The quantitative estimate of drug-likeness (QED) is 0.817. The van der Waals surface area contributed by atoms with E-state index in [1.807, 2.05) is 0 Å². The Balaban J connectivity index is 1.89. The Labute approximate surface area is 110 Å².